The van der Waals surface area contributed by atoms with E-state index in [1.807, 2.05) is 92.7 Å². The Kier molecular flexibility index (Phi) is 6.70. The highest BCUT2D eigenvalue weighted by Crippen LogP contribution is 2.45. The summed E-state index contributed by atoms with van der Waals surface area (Å²) in [7, 11) is 0. The molecule has 8 heteroatoms. The molecule has 1 aromatic heterocycles. The van der Waals surface area contributed by atoms with Crippen molar-refractivity contribution >= 4 is 44.1 Å². The Hall–Kier alpha value is -4.95. The van der Waals surface area contributed by atoms with Crippen LogP contribution in [0.25, 0.3) is 16.0 Å². The zero-order valence-corrected chi connectivity index (χ0v) is 24.4. The van der Waals surface area contributed by atoms with E-state index in [1.54, 1.807) is 12.1 Å². The van der Waals surface area contributed by atoms with Gasteiger partial charge in [0.05, 0.1) is 21.8 Å². The van der Waals surface area contributed by atoms with Crippen LogP contribution in [0.3, 0.4) is 0 Å². The van der Waals surface area contributed by atoms with Crippen LogP contribution in [0, 0.1) is 6.92 Å². The highest BCUT2D eigenvalue weighted by atomic mass is 32.1. The smallest absolute Gasteiger partial charge is 0.301 e. The summed E-state index contributed by atoms with van der Waals surface area (Å²) < 4.78 is 12.7. The van der Waals surface area contributed by atoms with Crippen molar-refractivity contribution in [2.45, 2.75) is 39.0 Å². The molecule has 0 bridgehead atoms. The molecule has 2 aliphatic rings. The Bertz CT molecular complexity index is 1910. The van der Waals surface area contributed by atoms with E-state index >= 15 is 0 Å². The molecule has 2 atom stereocenters. The topological polar surface area (TPSA) is 89.0 Å². The summed E-state index contributed by atoms with van der Waals surface area (Å²) in [6.07, 6.45) is 0.729. The standard InChI is InChI=1S/C35H28N2O5S/c1-20-8-14-27-29(16-20)43-35(36-27)37-31(23-9-12-26(13-10-23)41-19-22-6-4-3-5-7-22)30(33(39)34(37)40)32(38)24-11-15-28-25(18-24)17-21(2)42-28/h3-16,18,21,31,38H,17,19H2,1-2H3/b32-30+/t21-,31-/m0/s1. The summed E-state index contributed by atoms with van der Waals surface area (Å²) in [5, 5.41) is 12.0. The van der Waals surface area contributed by atoms with Crippen LogP contribution in [0.5, 0.6) is 11.5 Å². The second kappa shape index (κ2) is 10.7. The first-order chi connectivity index (χ1) is 20.9. The average molecular weight is 589 g/mol. The summed E-state index contributed by atoms with van der Waals surface area (Å²) in [4.78, 5) is 33.5. The molecule has 4 aromatic carbocycles. The van der Waals surface area contributed by atoms with Gasteiger partial charge in [-0.05, 0) is 78.6 Å². The number of aliphatic hydroxyl groups excluding tert-OH is 1. The third-order valence-corrected chi connectivity index (χ3v) is 8.81. The molecule has 7 nitrogen and oxygen atoms in total. The van der Waals surface area contributed by atoms with Crippen molar-refractivity contribution in [3.05, 3.63) is 124 Å². The first-order valence-corrected chi connectivity index (χ1v) is 14.9. The number of thiazole rings is 1. The molecule has 0 unspecified atom stereocenters. The van der Waals surface area contributed by atoms with Crippen LogP contribution in [0.15, 0.2) is 96.6 Å². The van der Waals surface area contributed by atoms with Gasteiger partial charge in [-0.25, -0.2) is 4.98 Å². The van der Waals surface area contributed by atoms with Gasteiger partial charge < -0.3 is 14.6 Å². The van der Waals surface area contributed by atoms with E-state index in [9.17, 15) is 14.7 Å². The minimum absolute atomic E-state index is 0.0188. The second-order valence-corrected chi connectivity index (χ2v) is 11.9. The fourth-order valence-corrected chi connectivity index (χ4v) is 6.77. The Morgan fingerprint density at radius 3 is 2.60 bits per heavy atom. The molecule has 0 aliphatic carbocycles. The van der Waals surface area contributed by atoms with E-state index in [2.05, 4.69) is 0 Å². The Morgan fingerprint density at radius 1 is 1.02 bits per heavy atom. The van der Waals surface area contributed by atoms with Crippen molar-refractivity contribution in [3.8, 4) is 11.5 Å². The molecule has 0 saturated carbocycles. The summed E-state index contributed by atoms with van der Waals surface area (Å²) in [6.45, 7) is 4.39. The maximum absolute atomic E-state index is 13.7. The molecule has 1 fully saturated rings. The number of hydrogen-bond acceptors (Lipinski definition) is 7. The van der Waals surface area contributed by atoms with Crippen molar-refractivity contribution in [1.29, 1.82) is 0 Å². The van der Waals surface area contributed by atoms with E-state index in [4.69, 9.17) is 14.5 Å². The predicted octanol–water partition coefficient (Wildman–Crippen LogP) is 7.13. The van der Waals surface area contributed by atoms with Crippen LogP contribution in [-0.2, 0) is 22.6 Å². The van der Waals surface area contributed by atoms with Gasteiger partial charge in [0.25, 0.3) is 5.78 Å². The lowest BCUT2D eigenvalue weighted by Gasteiger charge is -2.23. The molecule has 43 heavy (non-hydrogen) atoms. The number of ketones is 1. The molecule has 7 rings (SSSR count). The maximum atomic E-state index is 13.7. The molecular weight excluding hydrogens is 560 g/mol. The zero-order chi connectivity index (χ0) is 29.7. The van der Waals surface area contributed by atoms with Gasteiger partial charge in [0.1, 0.15) is 30.0 Å². The number of carbonyl (C=O) groups is 2. The maximum Gasteiger partial charge on any atom is 0.301 e. The van der Waals surface area contributed by atoms with Gasteiger partial charge in [0, 0.05) is 12.0 Å². The quantitative estimate of drug-likeness (QED) is 0.129. The number of aromatic nitrogens is 1. The molecule has 1 amide bonds. The number of benzene rings is 4. The monoisotopic (exact) mass is 588 g/mol. The van der Waals surface area contributed by atoms with Crippen LogP contribution >= 0.6 is 11.3 Å². The van der Waals surface area contributed by atoms with Crippen molar-refractivity contribution < 1.29 is 24.2 Å². The number of aliphatic hydroxyl groups is 1. The average Bonchev–Trinajstić information content (AvgIpc) is 3.68. The number of aryl methyl sites for hydroxylation is 1. The zero-order valence-electron chi connectivity index (χ0n) is 23.6. The lowest BCUT2D eigenvalue weighted by Crippen LogP contribution is -2.29. The van der Waals surface area contributed by atoms with Crippen molar-refractivity contribution in [1.82, 2.24) is 4.98 Å². The van der Waals surface area contributed by atoms with Crippen LogP contribution in [0.4, 0.5) is 5.13 Å². The number of rotatable bonds is 6. The number of hydrogen-bond donors (Lipinski definition) is 1. The first-order valence-electron chi connectivity index (χ1n) is 14.1. The molecule has 214 valence electrons. The summed E-state index contributed by atoms with van der Waals surface area (Å²) >= 11 is 1.34. The number of ether oxygens (including phenoxy) is 2. The Labute approximate surface area is 252 Å². The molecule has 3 heterocycles. The van der Waals surface area contributed by atoms with Gasteiger partial charge in [-0.3, -0.25) is 14.5 Å². The molecule has 1 N–H and O–H groups in total. The number of fused-ring (bicyclic) bond motifs is 2. The Balaban J connectivity index is 1.31. The largest absolute Gasteiger partial charge is 0.507 e. The number of nitrogens with zero attached hydrogens (tertiary/aromatic N) is 2. The number of anilines is 1. The second-order valence-electron chi connectivity index (χ2n) is 10.9. The molecule has 0 spiro atoms. The third-order valence-electron chi connectivity index (χ3n) is 7.80. The van der Waals surface area contributed by atoms with Crippen molar-refractivity contribution in [3.63, 3.8) is 0 Å². The molecular formula is C35H28N2O5S. The van der Waals surface area contributed by atoms with Crippen LogP contribution in [0.1, 0.15) is 40.8 Å². The van der Waals surface area contributed by atoms with E-state index in [1.165, 1.54) is 16.2 Å². The molecule has 0 radical (unpaired) electrons. The minimum Gasteiger partial charge on any atom is -0.507 e. The van der Waals surface area contributed by atoms with Crippen molar-refractivity contribution in [2.24, 2.45) is 0 Å². The highest BCUT2D eigenvalue weighted by molar-refractivity contribution is 7.22. The highest BCUT2D eigenvalue weighted by Gasteiger charge is 2.48. The summed E-state index contributed by atoms with van der Waals surface area (Å²) in [5.41, 5.74) is 4.93. The van der Waals surface area contributed by atoms with Crippen LogP contribution in [-0.4, -0.2) is 27.9 Å². The fourth-order valence-electron chi connectivity index (χ4n) is 5.68. The Morgan fingerprint density at radius 2 is 1.81 bits per heavy atom. The van der Waals surface area contributed by atoms with Gasteiger partial charge in [-0.2, -0.15) is 0 Å². The molecule has 5 aromatic rings. The fraction of sp³-hybridized carbons (Fsp3) is 0.171. The van der Waals surface area contributed by atoms with Gasteiger partial charge in [-0.1, -0.05) is 59.9 Å². The van der Waals surface area contributed by atoms with Gasteiger partial charge in [0.15, 0.2) is 5.13 Å². The van der Waals surface area contributed by atoms with Gasteiger partial charge in [0.2, 0.25) is 0 Å². The first kappa shape index (κ1) is 26.9. The minimum atomic E-state index is -0.881. The predicted molar refractivity (Wildman–Crippen MR) is 167 cm³/mol. The third kappa shape index (κ3) is 4.93. The number of carbonyl (C=O) groups excluding carboxylic acids is 2. The van der Waals surface area contributed by atoms with E-state index < -0.39 is 17.7 Å². The summed E-state index contributed by atoms with van der Waals surface area (Å²) in [6, 6.07) is 27.5. The number of amides is 1. The lowest BCUT2D eigenvalue weighted by atomic mass is 9.94. The van der Waals surface area contributed by atoms with E-state index in [-0.39, 0.29) is 17.4 Å². The van der Waals surface area contributed by atoms with E-state index in [0.29, 0.717) is 35.0 Å². The molecule has 2 aliphatic heterocycles. The van der Waals surface area contributed by atoms with Crippen molar-refractivity contribution in [2.75, 3.05) is 4.90 Å². The van der Waals surface area contributed by atoms with E-state index in [0.717, 1.165) is 32.7 Å². The number of Topliss-reactive ketones (excluding diaryl/α,β-unsaturated/α-hetero) is 1. The van der Waals surface area contributed by atoms with Gasteiger partial charge in [-0.15, -0.1) is 0 Å². The van der Waals surface area contributed by atoms with Crippen LogP contribution in [0.2, 0.25) is 0 Å². The summed E-state index contributed by atoms with van der Waals surface area (Å²) in [5.74, 6) is -0.309. The van der Waals surface area contributed by atoms with Gasteiger partial charge >= 0.3 is 5.91 Å². The normalized spacial score (nSPS) is 19.1. The lowest BCUT2D eigenvalue weighted by molar-refractivity contribution is -0.132. The SMILES string of the molecule is Cc1ccc2nc(N3C(=O)C(=O)/C(=C(/O)c4ccc5c(c4)C[C@H](C)O5)[C@@H]3c3ccc(OCc4ccccc4)cc3)sc2c1. The molecule has 1 saturated heterocycles. The van der Waals surface area contributed by atoms with Crippen LogP contribution < -0.4 is 14.4 Å².